The van der Waals surface area contributed by atoms with Gasteiger partial charge in [-0.15, -0.1) is 0 Å². The quantitative estimate of drug-likeness (QED) is 0.101. The molecular weight excluding hydrogens is 681 g/mol. The molecule has 0 saturated heterocycles. The average Bonchev–Trinajstić information content (AvgIpc) is 3.66. The second-order valence-electron chi connectivity index (χ2n) is 12.8. The number of fused-ring (bicyclic) bond motifs is 10. The minimum atomic E-state index is -0.608. The molecule has 0 radical (unpaired) electrons. The van der Waals surface area contributed by atoms with Gasteiger partial charge in [0.1, 0.15) is 0 Å². The smallest absolute Gasteiger partial charge is 0.223 e. The predicted octanol–water partition coefficient (Wildman–Crippen LogP) is 11.3. The van der Waals surface area contributed by atoms with E-state index in [1.807, 2.05) is 67.6 Å². The first kappa shape index (κ1) is 31.9. The molecule has 1 atom stereocenters. The third-order valence-electron chi connectivity index (χ3n) is 10.0. The van der Waals surface area contributed by atoms with Gasteiger partial charge in [-0.2, -0.15) is 9.97 Å². The van der Waals surface area contributed by atoms with Gasteiger partial charge in [0.2, 0.25) is 10.6 Å². The molecule has 52 heavy (non-hydrogen) atoms. The Morgan fingerprint density at radius 3 is 1.81 bits per heavy atom. The summed E-state index contributed by atoms with van der Waals surface area (Å²) in [5, 5.41) is 0.269. The summed E-state index contributed by atoms with van der Waals surface area (Å²) in [5.41, 5.74) is 13.5. The van der Waals surface area contributed by atoms with E-state index in [-0.39, 0.29) is 10.6 Å². The van der Waals surface area contributed by atoms with Crippen molar-refractivity contribution in [1.29, 1.82) is 0 Å². The Labute approximate surface area is 311 Å². The van der Waals surface area contributed by atoms with Gasteiger partial charge < -0.3 is 0 Å². The van der Waals surface area contributed by atoms with Crippen molar-refractivity contribution in [2.45, 2.75) is 12.3 Å². The van der Waals surface area contributed by atoms with Crippen LogP contribution in [-0.2, 0) is 5.41 Å². The van der Waals surface area contributed by atoms with E-state index in [2.05, 4.69) is 106 Å². The molecule has 6 aromatic carbocycles. The Morgan fingerprint density at radius 1 is 0.558 bits per heavy atom. The largest absolute Gasteiger partial charge is 0.226 e. The number of rotatable bonds is 5. The molecule has 7 heteroatoms. The lowest BCUT2D eigenvalue weighted by molar-refractivity contribution is 0.793. The third-order valence-corrected chi connectivity index (χ3v) is 10.3. The Morgan fingerprint density at radius 2 is 1.10 bits per heavy atom. The van der Waals surface area contributed by atoms with Gasteiger partial charge in [-0.1, -0.05) is 152 Å². The Balaban J connectivity index is 1.26. The van der Waals surface area contributed by atoms with Crippen LogP contribution < -0.4 is 0 Å². The van der Waals surface area contributed by atoms with Crippen LogP contribution in [0.4, 0.5) is 0 Å². The minimum Gasteiger partial charge on any atom is -0.223 e. The van der Waals surface area contributed by atoms with Crippen molar-refractivity contribution in [3.63, 3.8) is 0 Å². The lowest BCUT2D eigenvalue weighted by Gasteiger charge is -2.30. The molecule has 9 rings (SSSR count). The van der Waals surface area contributed by atoms with Gasteiger partial charge in [-0.3, -0.25) is 0 Å². The van der Waals surface area contributed by atoms with Gasteiger partial charge in [-0.25, -0.2) is 15.0 Å². The van der Waals surface area contributed by atoms with Crippen molar-refractivity contribution in [2.75, 3.05) is 0 Å². The van der Waals surface area contributed by atoms with Crippen molar-refractivity contribution in [3.8, 4) is 45.0 Å². The van der Waals surface area contributed by atoms with Crippen molar-refractivity contribution < 1.29 is 0 Å². The van der Waals surface area contributed by atoms with Crippen molar-refractivity contribution in [2.24, 2.45) is 9.98 Å². The van der Waals surface area contributed by atoms with E-state index in [9.17, 15) is 0 Å². The summed E-state index contributed by atoms with van der Waals surface area (Å²) in [4.78, 5) is 23.5. The molecule has 0 amide bonds. The molecule has 7 aromatic rings. The van der Waals surface area contributed by atoms with E-state index in [0.717, 1.165) is 55.8 Å². The number of aromatic nitrogens is 3. The third kappa shape index (κ3) is 4.96. The van der Waals surface area contributed by atoms with Crippen LogP contribution in [0.25, 0.3) is 50.7 Å². The Hall–Kier alpha value is -6.01. The van der Waals surface area contributed by atoms with Gasteiger partial charge >= 0.3 is 0 Å². The van der Waals surface area contributed by atoms with E-state index in [1.54, 1.807) is 0 Å². The predicted molar refractivity (Wildman–Crippen MR) is 213 cm³/mol. The first-order valence-electron chi connectivity index (χ1n) is 16.9. The molecule has 0 saturated carbocycles. The van der Waals surface area contributed by atoms with Gasteiger partial charge in [-0.05, 0) is 80.2 Å². The number of halogens is 2. The zero-order valence-corrected chi connectivity index (χ0v) is 29.6. The lowest BCUT2D eigenvalue weighted by Crippen LogP contribution is -2.26. The molecule has 248 valence electrons. The topological polar surface area (TPSA) is 63.4 Å². The molecular formula is C45H29Cl2N5. The van der Waals surface area contributed by atoms with Crippen LogP contribution in [0.5, 0.6) is 0 Å². The molecule has 1 unspecified atom stereocenters. The molecule has 0 fully saturated rings. The summed E-state index contributed by atoms with van der Waals surface area (Å²) >= 11 is 13.3. The summed E-state index contributed by atoms with van der Waals surface area (Å²) in [6.45, 7) is 6.10. The number of hydrogen-bond donors (Lipinski definition) is 0. The summed E-state index contributed by atoms with van der Waals surface area (Å²) in [5.74, 6) is 1.05. The SMILES string of the molecule is C=C(/N=C(Cl)\N=C(/C)c1cccc2c1-c1ccccc1C21c2ccccc2-c2c(-c3nc(Cl)nc(-c4ccccc4)n3)cccc21)c1ccccc1. The molecule has 1 aromatic heterocycles. The van der Waals surface area contributed by atoms with Crippen LogP contribution in [0.1, 0.15) is 40.3 Å². The second kappa shape index (κ2) is 12.6. The highest BCUT2D eigenvalue weighted by Crippen LogP contribution is 2.64. The maximum absolute atomic E-state index is 6.69. The first-order valence-corrected chi connectivity index (χ1v) is 17.7. The Bertz CT molecular complexity index is 2630. The molecule has 1 heterocycles. The molecule has 0 bridgehead atoms. The summed E-state index contributed by atoms with van der Waals surface area (Å²) < 4.78 is 0. The summed E-state index contributed by atoms with van der Waals surface area (Å²) in [6, 6.07) is 49.8. The van der Waals surface area contributed by atoms with Gasteiger partial charge in [0.25, 0.3) is 0 Å². The monoisotopic (exact) mass is 709 g/mol. The highest BCUT2D eigenvalue weighted by atomic mass is 35.5. The van der Waals surface area contributed by atoms with Crippen molar-refractivity contribution >= 4 is 39.9 Å². The van der Waals surface area contributed by atoms with Crippen LogP contribution in [0.15, 0.2) is 162 Å². The maximum atomic E-state index is 6.69. The second-order valence-corrected chi connectivity index (χ2v) is 13.5. The lowest BCUT2D eigenvalue weighted by atomic mass is 9.70. The normalized spacial score (nSPS) is 15.6. The fraction of sp³-hybridized carbons (Fsp3) is 0.0444. The number of benzene rings is 6. The molecule has 2 aliphatic carbocycles. The molecule has 5 nitrogen and oxygen atoms in total. The summed E-state index contributed by atoms with van der Waals surface area (Å²) in [7, 11) is 0. The zero-order chi connectivity index (χ0) is 35.4. The van der Waals surface area contributed by atoms with Crippen LogP contribution in [0.2, 0.25) is 5.28 Å². The van der Waals surface area contributed by atoms with Crippen LogP contribution in [0, 0.1) is 0 Å². The minimum absolute atomic E-state index is 0.122. The average molecular weight is 711 g/mol. The van der Waals surface area contributed by atoms with Gasteiger partial charge in [0.05, 0.1) is 11.1 Å². The number of aliphatic imine (C=N–C) groups is 2. The number of amidine groups is 1. The highest BCUT2D eigenvalue weighted by molar-refractivity contribution is 6.66. The number of hydrogen-bond acceptors (Lipinski definition) is 4. The fourth-order valence-electron chi connectivity index (χ4n) is 7.94. The first-order chi connectivity index (χ1) is 25.4. The van der Waals surface area contributed by atoms with Gasteiger partial charge in [0.15, 0.2) is 11.6 Å². The summed E-state index contributed by atoms with van der Waals surface area (Å²) in [6.07, 6.45) is 0. The molecule has 0 N–H and O–H groups in total. The van der Waals surface area contributed by atoms with E-state index >= 15 is 0 Å². The van der Waals surface area contributed by atoms with E-state index in [0.29, 0.717) is 17.3 Å². The number of nitrogens with zero attached hydrogens (tertiary/aromatic N) is 5. The molecule has 0 aliphatic heterocycles. The van der Waals surface area contributed by atoms with E-state index in [4.69, 9.17) is 33.2 Å². The standard InChI is InChI=1S/C45H29Cl2N5/c1-27(29-15-5-3-6-16-29)48-43(46)49-28(2)31-21-13-25-37-39(31)32-19-9-11-23-35(32)45(37)36-24-12-10-20-33(36)40-34(22-14-26-38(40)45)42-50-41(51-44(47)52-42)30-17-7-4-8-18-30/h3-26H,1H2,2H3/b48-43-,49-28+. The van der Waals surface area contributed by atoms with Crippen LogP contribution in [0.3, 0.4) is 0 Å². The van der Waals surface area contributed by atoms with E-state index < -0.39 is 5.41 Å². The van der Waals surface area contributed by atoms with Crippen LogP contribution >= 0.6 is 23.2 Å². The maximum Gasteiger partial charge on any atom is 0.226 e. The zero-order valence-electron chi connectivity index (χ0n) is 28.1. The molecule has 2 aliphatic rings. The van der Waals surface area contributed by atoms with Crippen LogP contribution in [-0.4, -0.2) is 26.0 Å². The van der Waals surface area contributed by atoms with Crippen molar-refractivity contribution in [1.82, 2.24) is 15.0 Å². The van der Waals surface area contributed by atoms with Crippen molar-refractivity contribution in [3.05, 3.63) is 191 Å². The van der Waals surface area contributed by atoms with Gasteiger partial charge in [0, 0.05) is 22.4 Å². The highest BCUT2D eigenvalue weighted by Gasteiger charge is 2.52. The fourth-order valence-corrected chi connectivity index (χ4v) is 8.33. The molecule has 1 spiro atoms. The van der Waals surface area contributed by atoms with E-state index in [1.165, 1.54) is 16.7 Å². The Kier molecular flexibility index (Phi) is 7.76.